The van der Waals surface area contributed by atoms with Gasteiger partial charge in [0.1, 0.15) is 60.0 Å². The molecule has 2 aromatic carbocycles. The maximum atomic E-state index is 15.0. The van der Waals surface area contributed by atoms with Crippen LogP contribution >= 0.6 is 0 Å². The molecule has 4 rings (SSSR count). The molecule has 372 valence electrons. The monoisotopic (exact) mass is 965 g/mol. The van der Waals surface area contributed by atoms with Crippen molar-refractivity contribution in [2.75, 3.05) is 19.1 Å². The Morgan fingerprint density at radius 3 is 2.18 bits per heavy atom. The van der Waals surface area contributed by atoms with Crippen LogP contribution in [0.4, 0.5) is 0 Å². The number of aliphatic hydroxyl groups is 1. The number of likely N-dealkylation sites (N-methyl/N-ethyl adjacent to an activating group) is 1. The van der Waals surface area contributed by atoms with Crippen molar-refractivity contribution >= 4 is 58.1 Å². The van der Waals surface area contributed by atoms with E-state index in [1.165, 1.54) is 45.4 Å². The molecule has 68 heavy (non-hydrogen) atoms. The summed E-state index contributed by atoms with van der Waals surface area (Å²) < 4.78 is 18.0. The number of amides is 7. The highest BCUT2D eigenvalue weighted by Gasteiger charge is 2.45. The SMILES string of the molecule is C/C=C1\NC(=O)[C@@H](NC(=O)[C@H](CC[S@@](C)=O)NC(=O)CCCCC)[C@@H](C)OC(=O)[C@H](C(C)C)NC(=O)[C@H](Cc2ccc(O)cc2)N(C)C(=O)[C@H](Cc2ccccc2)N2C(=O)[C@H](CC[C@H]2O)NC1=O. The number of phenols is 1. The number of phenolic OH excluding ortho intramolecular Hbond substituents is 1. The number of nitrogens with one attached hydrogen (secondary N) is 5. The van der Waals surface area contributed by atoms with Gasteiger partial charge in [-0.25, -0.2) is 4.79 Å². The highest BCUT2D eigenvalue weighted by Crippen LogP contribution is 2.25. The van der Waals surface area contributed by atoms with Gasteiger partial charge in [0.15, 0.2) is 0 Å². The molecule has 0 aliphatic carbocycles. The molecular weight excluding hydrogens is 899 g/mol. The topological polar surface area (TPSA) is 270 Å². The molecule has 2 aliphatic heterocycles. The number of hydrogen-bond acceptors (Lipinski definition) is 12. The fourth-order valence-electron chi connectivity index (χ4n) is 7.97. The van der Waals surface area contributed by atoms with Gasteiger partial charge in [-0.2, -0.15) is 0 Å². The van der Waals surface area contributed by atoms with E-state index in [-0.39, 0.29) is 55.7 Å². The van der Waals surface area contributed by atoms with Crippen LogP contribution in [0, 0.1) is 5.92 Å². The third-order valence-electron chi connectivity index (χ3n) is 12.0. The lowest BCUT2D eigenvalue weighted by atomic mass is 9.95. The van der Waals surface area contributed by atoms with Gasteiger partial charge in [-0.1, -0.05) is 82.2 Å². The van der Waals surface area contributed by atoms with E-state index in [0.717, 1.165) is 22.6 Å². The molecule has 20 heteroatoms. The van der Waals surface area contributed by atoms with Crippen molar-refractivity contribution in [3.63, 3.8) is 0 Å². The van der Waals surface area contributed by atoms with Crippen LogP contribution in [0.5, 0.6) is 5.75 Å². The summed E-state index contributed by atoms with van der Waals surface area (Å²) in [6.45, 7) is 7.97. The Kier molecular flexibility index (Phi) is 20.7. The van der Waals surface area contributed by atoms with Crippen LogP contribution in [0.1, 0.15) is 90.7 Å². The lowest BCUT2D eigenvalue weighted by Gasteiger charge is -2.43. The van der Waals surface area contributed by atoms with E-state index < -0.39 is 113 Å². The second kappa shape index (κ2) is 25.8. The van der Waals surface area contributed by atoms with Crippen LogP contribution in [-0.2, 0) is 66.7 Å². The third-order valence-corrected chi connectivity index (χ3v) is 12.8. The maximum Gasteiger partial charge on any atom is 0.329 e. The minimum absolute atomic E-state index is 0.0171. The van der Waals surface area contributed by atoms with Crippen LogP contribution in [0.2, 0.25) is 0 Å². The number of aromatic hydroxyl groups is 1. The number of unbranched alkanes of at least 4 members (excludes halogenated alkanes) is 2. The number of fused-ring (bicyclic) bond motifs is 2. The predicted molar refractivity (Wildman–Crippen MR) is 252 cm³/mol. The minimum atomic E-state index is -1.74. The normalized spacial score (nSPS) is 25.0. The molecule has 2 bridgehead atoms. The molecule has 0 spiro atoms. The van der Waals surface area contributed by atoms with Crippen LogP contribution in [0.25, 0.3) is 0 Å². The number of cyclic esters (lactones) is 1. The first-order valence-corrected chi connectivity index (χ1v) is 24.8. The summed E-state index contributed by atoms with van der Waals surface area (Å²) in [6, 6.07) is 6.13. The molecule has 7 amide bonds. The van der Waals surface area contributed by atoms with E-state index in [0.29, 0.717) is 17.5 Å². The predicted octanol–water partition coefficient (Wildman–Crippen LogP) is 1.22. The van der Waals surface area contributed by atoms with Gasteiger partial charge in [0.2, 0.25) is 29.5 Å². The first kappa shape index (κ1) is 54.5. The molecule has 2 aromatic rings. The van der Waals surface area contributed by atoms with E-state index in [1.54, 1.807) is 56.3 Å². The van der Waals surface area contributed by atoms with Gasteiger partial charge in [0, 0.05) is 49.1 Å². The van der Waals surface area contributed by atoms with Crippen LogP contribution < -0.4 is 26.6 Å². The fraction of sp³-hybridized carbons (Fsp3) is 0.542. The van der Waals surface area contributed by atoms with Gasteiger partial charge < -0.3 is 51.3 Å². The van der Waals surface area contributed by atoms with Crippen molar-refractivity contribution in [3.8, 4) is 5.75 Å². The van der Waals surface area contributed by atoms with Gasteiger partial charge in [-0.3, -0.25) is 37.8 Å². The zero-order valence-corrected chi connectivity index (χ0v) is 40.6. The molecule has 9 atom stereocenters. The van der Waals surface area contributed by atoms with Gasteiger partial charge in [0.25, 0.3) is 11.8 Å². The number of hydrogen-bond donors (Lipinski definition) is 7. The summed E-state index contributed by atoms with van der Waals surface area (Å²) in [5.74, 6) is -7.37. The Labute approximate surface area is 400 Å². The smallest absolute Gasteiger partial charge is 0.329 e. The summed E-state index contributed by atoms with van der Waals surface area (Å²) in [6.07, 6.45) is 1.52. The average Bonchev–Trinajstić information content (AvgIpc) is 3.29. The van der Waals surface area contributed by atoms with E-state index >= 15 is 0 Å². The van der Waals surface area contributed by atoms with Crippen molar-refractivity contribution in [1.29, 1.82) is 0 Å². The first-order valence-electron chi connectivity index (χ1n) is 23.0. The summed E-state index contributed by atoms with van der Waals surface area (Å²) in [4.78, 5) is 116. The molecule has 19 nitrogen and oxygen atoms in total. The zero-order valence-electron chi connectivity index (χ0n) is 39.8. The first-order chi connectivity index (χ1) is 32.2. The molecule has 2 saturated heterocycles. The second-order valence-electron chi connectivity index (χ2n) is 17.6. The van der Waals surface area contributed by atoms with E-state index in [2.05, 4.69) is 26.6 Å². The third kappa shape index (κ3) is 15.2. The number of benzene rings is 2. The number of carbonyl (C=O) groups excluding carboxylic acids is 8. The van der Waals surface area contributed by atoms with Crippen molar-refractivity contribution in [2.24, 2.45) is 5.92 Å². The molecule has 7 N–H and O–H groups in total. The molecule has 0 aromatic heterocycles. The zero-order chi connectivity index (χ0) is 50.2. The van der Waals surface area contributed by atoms with Crippen molar-refractivity contribution in [1.82, 2.24) is 36.4 Å². The highest BCUT2D eigenvalue weighted by atomic mass is 32.2. The molecule has 2 heterocycles. The number of nitrogens with zero attached hydrogens (tertiary/aromatic N) is 2. The van der Waals surface area contributed by atoms with Crippen molar-refractivity contribution in [2.45, 2.75) is 141 Å². The van der Waals surface area contributed by atoms with Crippen molar-refractivity contribution < 1.29 is 57.5 Å². The average molecular weight is 966 g/mol. The summed E-state index contributed by atoms with van der Waals surface area (Å²) in [5.41, 5.74) is 0.765. The highest BCUT2D eigenvalue weighted by molar-refractivity contribution is 7.84. The summed E-state index contributed by atoms with van der Waals surface area (Å²) >= 11 is 0. The number of piperidine rings is 1. The summed E-state index contributed by atoms with van der Waals surface area (Å²) in [5, 5.41) is 34.5. The van der Waals surface area contributed by atoms with E-state index in [1.807, 2.05) is 6.92 Å². The van der Waals surface area contributed by atoms with Gasteiger partial charge in [-0.15, -0.1) is 0 Å². The number of rotatable bonds is 15. The largest absolute Gasteiger partial charge is 0.508 e. The lowest BCUT2D eigenvalue weighted by Crippen LogP contribution is -2.64. The van der Waals surface area contributed by atoms with Crippen molar-refractivity contribution in [3.05, 3.63) is 77.5 Å². The lowest BCUT2D eigenvalue weighted by molar-refractivity contribution is -0.165. The Bertz CT molecular complexity index is 2170. The number of allylic oxidation sites excluding steroid dienone is 1. The molecule has 2 fully saturated rings. The Morgan fingerprint density at radius 1 is 0.912 bits per heavy atom. The molecular formula is C48H67N7O12S. The quantitative estimate of drug-likeness (QED) is 0.0755. The molecule has 2 aliphatic rings. The minimum Gasteiger partial charge on any atom is -0.508 e. The Hall–Kier alpha value is -6.15. The maximum absolute atomic E-state index is 15.0. The standard InChI is InChI=1S/C48H67N7O12S/c1-8-10-12-17-38(57)49-34(24-25-68(7)66)43(60)53-41-29(5)67-48(65)40(28(3)4)52-44(61)36(26-31-18-20-32(56)21-19-31)54(6)47(64)37(27-30-15-13-11-14-16-30)55-39(58)23-22-35(46(55)63)51-42(59)33(9-2)50-45(41)62/h9,11,13-16,18-21,28-29,34-37,39-41,56,58H,8,10,12,17,22-27H2,1-7H3,(H,49,57)(H,50,62)(H,51,59)(H,52,61)(H,53,60)/b33-9-/t29-,34+,35+,36+,37+,39-,40+,41+,68-/m1/s1. The van der Waals surface area contributed by atoms with Gasteiger partial charge >= 0.3 is 5.97 Å². The number of ether oxygens (including phenoxy) is 1. The van der Waals surface area contributed by atoms with Gasteiger partial charge in [-0.05, 0) is 68.7 Å². The van der Waals surface area contributed by atoms with Crippen LogP contribution in [0.15, 0.2) is 66.4 Å². The number of aliphatic hydroxyl groups excluding tert-OH is 1. The fourth-order valence-corrected chi connectivity index (χ4v) is 8.54. The molecule has 0 radical (unpaired) electrons. The number of esters is 1. The van der Waals surface area contributed by atoms with E-state index in [4.69, 9.17) is 4.74 Å². The molecule has 0 unspecified atom stereocenters. The Morgan fingerprint density at radius 2 is 1.56 bits per heavy atom. The van der Waals surface area contributed by atoms with E-state index in [9.17, 15) is 52.8 Å². The Balaban J connectivity index is 1.83. The summed E-state index contributed by atoms with van der Waals surface area (Å²) in [7, 11) is -0.00865. The number of carbonyl (C=O) groups is 8. The second-order valence-corrected chi connectivity index (χ2v) is 19.1. The molecule has 0 saturated carbocycles. The van der Waals surface area contributed by atoms with Crippen LogP contribution in [0.3, 0.4) is 0 Å². The van der Waals surface area contributed by atoms with Gasteiger partial charge in [0.05, 0.1) is 0 Å². The van der Waals surface area contributed by atoms with Crippen LogP contribution in [-0.4, -0.2) is 139 Å².